The molecule has 2 aliphatic heterocycles. The van der Waals surface area contributed by atoms with Gasteiger partial charge in [-0.25, -0.2) is 4.39 Å². The van der Waals surface area contributed by atoms with Crippen molar-refractivity contribution in [3.05, 3.63) is 71.0 Å². The van der Waals surface area contributed by atoms with E-state index in [0.717, 1.165) is 19.6 Å². The Balaban J connectivity index is 1.30. The van der Waals surface area contributed by atoms with E-state index in [1.165, 1.54) is 29.8 Å². The van der Waals surface area contributed by atoms with E-state index in [2.05, 4.69) is 18.7 Å². The van der Waals surface area contributed by atoms with Crippen LogP contribution in [0.4, 0.5) is 4.39 Å². The molecule has 2 saturated heterocycles. The molecule has 0 bridgehead atoms. The van der Waals surface area contributed by atoms with Crippen LogP contribution in [0, 0.1) is 5.82 Å². The van der Waals surface area contributed by atoms with E-state index in [-0.39, 0.29) is 29.8 Å². The van der Waals surface area contributed by atoms with Crippen LogP contribution in [0.2, 0.25) is 0 Å². The summed E-state index contributed by atoms with van der Waals surface area (Å²) in [7, 11) is 0. The van der Waals surface area contributed by atoms with Gasteiger partial charge in [0.15, 0.2) is 0 Å². The van der Waals surface area contributed by atoms with Crippen molar-refractivity contribution in [3.8, 4) is 0 Å². The van der Waals surface area contributed by atoms with Gasteiger partial charge >= 0.3 is 0 Å². The minimum atomic E-state index is -0.364. The summed E-state index contributed by atoms with van der Waals surface area (Å²) in [5, 5.41) is 0. The predicted octanol–water partition coefficient (Wildman–Crippen LogP) is 3.03. The van der Waals surface area contributed by atoms with Crippen LogP contribution in [0.25, 0.3) is 0 Å². The molecule has 4 rings (SSSR count). The number of morpholine rings is 1. The third-order valence-electron chi connectivity index (χ3n) is 6.05. The molecule has 32 heavy (non-hydrogen) atoms. The van der Waals surface area contributed by atoms with Crippen LogP contribution < -0.4 is 0 Å². The minimum Gasteiger partial charge on any atom is -0.373 e. The number of hydrogen-bond donors (Lipinski definition) is 0. The lowest BCUT2D eigenvalue weighted by Gasteiger charge is -2.35. The fourth-order valence-electron chi connectivity index (χ4n) is 4.49. The molecule has 2 aliphatic rings. The van der Waals surface area contributed by atoms with E-state index in [1.54, 1.807) is 9.80 Å². The van der Waals surface area contributed by atoms with E-state index < -0.39 is 0 Å². The minimum absolute atomic E-state index is 0.0148. The maximum absolute atomic E-state index is 13.1. The van der Waals surface area contributed by atoms with Crippen LogP contribution in [-0.2, 0) is 11.3 Å². The molecule has 0 aromatic heterocycles. The molecule has 6 nitrogen and oxygen atoms in total. The molecule has 2 heterocycles. The van der Waals surface area contributed by atoms with Crippen LogP contribution in [0.3, 0.4) is 0 Å². The van der Waals surface area contributed by atoms with Crippen LogP contribution >= 0.6 is 0 Å². The van der Waals surface area contributed by atoms with Crippen molar-refractivity contribution in [1.82, 2.24) is 14.7 Å². The largest absolute Gasteiger partial charge is 0.373 e. The molecule has 2 unspecified atom stereocenters. The Hall–Kier alpha value is -2.77. The van der Waals surface area contributed by atoms with Crippen molar-refractivity contribution in [2.24, 2.45) is 0 Å². The summed E-state index contributed by atoms with van der Waals surface area (Å²) in [4.78, 5) is 31.4. The fourth-order valence-corrected chi connectivity index (χ4v) is 4.49. The highest BCUT2D eigenvalue weighted by atomic mass is 19.1. The average Bonchev–Trinajstić information content (AvgIpc) is 2.79. The Labute approximate surface area is 188 Å². The van der Waals surface area contributed by atoms with Gasteiger partial charge in [0, 0.05) is 56.9 Å². The smallest absolute Gasteiger partial charge is 0.253 e. The highest BCUT2D eigenvalue weighted by Gasteiger charge is 2.26. The average molecular weight is 440 g/mol. The van der Waals surface area contributed by atoms with Gasteiger partial charge in [-0.05, 0) is 55.8 Å². The summed E-state index contributed by atoms with van der Waals surface area (Å²) < 4.78 is 18.9. The first-order valence-electron chi connectivity index (χ1n) is 11.2. The lowest BCUT2D eigenvalue weighted by atomic mass is 10.1. The van der Waals surface area contributed by atoms with Gasteiger partial charge in [0.05, 0.1) is 12.2 Å². The van der Waals surface area contributed by atoms with Crippen LogP contribution in [0.1, 0.15) is 40.1 Å². The van der Waals surface area contributed by atoms with Gasteiger partial charge in [-0.3, -0.25) is 14.5 Å². The third kappa shape index (κ3) is 5.34. The molecule has 0 spiro atoms. The molecular formula is C25H30FN3O3. The second kappa shape index (κ2) is 9.79. The zero-order valence-corrected chi connectivity index (χ0v) is 18.7. The van der Waals surface area contributed by atoms with Crippen LogP contribution in [-0.4, -0.2) is 78.0 Å². The van der Waals surface area contributed by atoms with Crippen LogP contribution in [0.15, 0.2) is 48.5 Å². The molecule has 2 fully saturated rings. The molecule has 0 N–H and O–H groups in total. The number of nitrogens with zero attached hydrogens (tertiary/aromatic N) is 3. The first-order chi connectivity index (χ1) is 15.4. The van der Waals surface area contributed by atoms with Crippen molar-refractivity contribution in [2.75, 3.05) is 39.3 Å². The molecule has 0 radical (unpaired) electrons. The molecular weight excluding hydrogens is 409 g/mol. The second-order valence-electron chi connectivity index (χ2n) is 8.74. The zero-order valence-electron chi connectivity index (χ0n) is 18.7. The first-order valence-corrected chi connectivity index (χ1v) is 11.2. The maximum atomic E-state index is 13.1. The standard InChI is InChI=1S/C25H30FN3O3/c1-18-15-27(16-19(2)32-18)17-20-3-5-21(6-4-20)24(30)28-11-13-29(14-12-28)25(31)22-7-9-23(26)10-8-22/h3-10,18-19H,11-17H2,1-2H3. The predicted molar refractivity (Wildman–Crippen MR) is 120 cm³/mol. The van der Waals surface area contributed by atoms with Crippen LogP contribution in [0.5, 0.6) is 0 Å². The Morgan fingerprint density at radius 1 is 0.812 bits per heavy atom. The number of hydrogen-bond acceptors (Lipinski definition) is 4. The summed E-state index contributed by atoms with van der Waals surface area (Å²) in [6.07, 6.45) is 0.460. The maximum Gasteiger partial charge on any atom is 0.253 e. The molecule has 0 aliphatic carbocycles. The molecule has 2 aromatic rings. The Kier molecular flexibility index (Phi) is 6.86. The molecule has 2 amide bonds. The second-order valence-corrected chi connectivity index (χ2v) is 8.74. The normalized spacial score (nSPS) is 22.1. The topological polar surface area (TPSA) is 53.1 Å². The van der Waals surface area contributed by atoms with Gasteiger partial charge in [0.25, 0.3) is 11.8 Å². The van der Waals surface area contributed by atoms with Crippen molar-refractivity contribution in [2.45, 2.75) is 32.6 Å². The summed E-state index contributed by atoms with van der Waals surface area (Å²) >= 11 is 0. The summed E-state index contributed by atoms with van der Waals surface area (Å²) in [5.41, 5.74) is 2.30. The number of benzene rings is 2. The summed E-state index contributed by atoms with van der Waals surface area (Å²) in [5.74, 6) is -0.510. The van der Waals surface area contributed by atoms with Crippen molar-refractivity contribution in [1.29, 1.82) is 0 Å². The highest BCUT2D eigenvalue weighted by molar-refractivity contribution is 5.96. The van der Waals surface area contributed by atoms with Gasteiger partial charge in [0.2, 0.25) is 0 Å². The van der Waals surface area contributed by atoms with Gasteiger partial charge in [-0.2, -0.15) is 0 Å². The lowest BCUT2D eigenvalue weighted by Crippen LogP contribution is -2.50. The SMILES string of the molecule is CC1CN(Cc2ccc(C(=O)N3CCN(C(=O)c4ccc(F)cc4)CC3)cc2)CC(C)O1. The van der Waals surface area contributed by atoms with Crippen molar-refractivity contribution < 1.29 is 18.7 Å². The molecule has 2 atom stereocenters. The first kappa shape index (κ1) is 22.4. The van der Waals surface area contributed by atoms with Crippen molar-refractivity contribution >= 4 is 11.8 Å². The van der Waals surface area contributed by atoms with Gasteiger partial charge in [0.1, 0.15) is 5.82 Å². The quantitative estimate of drug-likeness (QED) is 0.735. The Morgan fingerprint density at radius 2 is 1.25 bits per heavy atom. The Morgan fingerprint density at radius 3 is 1.72 bits per heavy atom. The monoisotopic (exact) mass is 439 g/mol. The number of carbonyl (C=O) groups excluding carboxylic acids is 2. The number of amides is 2. The number of carbonyl (C=O) groups is 2. The molecule has 170 valence electrons. The number of ether oxygens (including phenoxy) is 1. The summed E-state index contributed by atoms with van der Waals surface area (Å²) in [6, 6.07) is 13.4. The van der Waals surface area contributed by atoms with E-state index in [4.69, 9.17) is 4.74 Å². The van der Waals surface area contributed by atoms with E-state index in [0.29, 0.717) is 37.3 Å². The van der Waals surface area contributed by atoms with Gasteiger partial charge in [-0.15, -0.1) is 0 Å². The fraction of sp³-hybridized carbons (Fsp3) is 0.440. The van der Waals surface area contributed by atoms with E-state index >= 15 is 0 Å². The zero-order chi connectivity index (χ0) is 22.7. The molecule has 2 aromatic carbocycles. The highest BCUT2D eigenvalue weighted by Crippen LogP contribution is 2.17. The Bertz CT molecular complexity index is 930. The molecule has 0 saturated carbocycles. The van der Waals surface area contributed by atoms with Gasteiger partial charge in [-0.1, -0.05) is 12.1 Å². The number of halogens is 1. The number of rotatable bonds is 4. The van der Waals surface area contributed by atoms with Crippen molar-refractivity contribution in [3.63, 3.8) is 0 Å². The van der Waals surface area contributed by atoms with E-state index in [9.17, 15) is 14.0 Å². The third-order valence-corrected chi connectivity index (χ3v) is 6.05. The summed E-state index contributed by atoms with van der Waals surface area (Å²) in [6.45, 7) is 8.75. The van der Waals surface area contributed by atoms with Gasteiger partial charge < -0.3 is 14.5 Å². The molecule has 7 heteroatoms. The number of piperazine rings is 1. The lowest BCUT2D eigenvalue weighted by molar-refractivity contribution is -0.0704. The van der Waals surface area contributed by atoms with E-state index in [1.807, 2.05) is 24.3 Å².